The standard InChI is InChI=1S/C17H22N4O3/c22-17(15-11-14(18-19-15)16-4-2-10-24-16)21-7-5-20(6-8-21)12-13-3-1-9-23-13/h2,4,10-11,13H,1,3,5-9,12H2,(H,18,19). The third kappa shape index (κ3) is 3.22. The van der Waals surface area contributed by atoms with E-state index in [1.54, 1.807) is 12.3 Å². The molecule has 2 aromatic rings. The topological polar surface area (TPSA) is 74.6 Å². The molecule has 1 amide bonds. The van der Waals surface area contributed by atoms with Gasteiger partial charge in [0.2, 0.25) is 0 Å². The molecule has 2 aliphatic heterocycles. The maximum absolute atomic E-state index is 12.6. The van der Waals surface area contributed by atoms with Gasteiger partial charge in [0.1, 0.15) is 5.69 Å². The predicted octanol–water partition coefficient (Wildman–Crippen LogP) is 1.61. The highest BCUT2D eigenvalue weighted by atomic mass is 16.5. The van der Waals surface area contributed by atoms with Gasteiger partial charge in [-0.25, -0.2) is 0 Å². The number of hydrogen-bond donors (Lipinski definition) is 1. The average molecular weight is 330 g/mol. The van der Waals surface area contributed by atoms with E-state index >= 15 is 0 Å². The van der Waals surface area contributed by atoms with Crippen molar-refractivity contribution >= 4 is 5.91 Å². The van der Waals surface area contributed by atoms with E-state index < -0.39 is 0 Å². The van der Waals surface area contributed by atoms with Crippen LogP contribution in [-0.4, -0.2) is 71.3 Å². The molecule has 24 heavy (non-hydrogen) atoms. The molecular weight excluding hydrogens is 308 g/mol. The summed E-state index contributed by atoms with van der Waals surface area (Å²) in [6.07, 6.45) is 4.29. The number of amides is 1. The summed E-state index contributed by atoms with van der Waals surface area (Å²) in [6, 6.07) is 5.40. The third-order valence-electron chi connectivity index (χ3n) is 4.73. The molecule has 4 rings (SSSR count). The van der Waals surface area contributed by atoms with Crippen molar-refractivity contribution in [1.29, 1.82) is 0 Å². The maximum Gasteiger partial charge on any atom is 0.274 e. The van der Waals surface area contributed by atoms with E-state index in [4.69, 9.17) is 9.15 Å². The zero-order valence-corrected chi connectivity index (χ0v) is 13.6. The number of H-pyrrole nitrogens is 1. The van der Waals surface area contributed by atoms with Gasteiger partial charge in [-0.3, -0.25) is 14.8 Å². The molecule has 7 nitrogen and oxygen atoms in total. The van der Waals surface area contributed by atoms with Crippen molar-refractivity contribution in [2.75, 3.05) is 39.3 Å². The number of hydrogen-bond acceptors (Lipinski definition) is 5. The second-order valence-corrected chi connectivity index (χ2v) is 6.37. The quantitative estimate of drug-likeness (QED) is 0.922. The van der Waals surface area contributed by atoms with Gasteiger partial charge in [-0.05, 0) is 25.0 Å². The Morgan fingerprint density at radius 2 is 2.21 bits per heavy atom. The fourth-order valence-corrected chi connectivity index (χ4v) is 3.36. The summed E-state index contributed by atoms with van der Waals surface area (Å²) in [7, 11) is 0. The Hall–Kier alpha value is -2.12. The Morgan fingerprint density at radius 3 is 2.92 bits per heavy atom. The minimum absolute atomic E-state index is 0.0270. The van der Waals surface area contributed by atoms with Gasteiger partial charge in [0.05, 0.1) is 12.4 Å². The Bertz CT molecular complexity index is 668. The summed E-state index contributed by atoms with van der Waals surface area (Å²) >= 11 is 0. The molecule has 1 N–H and O–H groups in total. The number of piperazine rings is 1. The van der Waals surface area contributed by atoms with Crippen molar-refractivity contribution in [3.63, 3.8) is 0 Å². The molecular formula is C17H22N4O3. The molecule has 128 valence electrons. The van der Waals surface area contributed by atoms with E-state index in [1.165, 1.54) is 6.42 Å². The molecule has 4 heterocycles. The lowest BCUT2D eigenvalue weighted by Gasteiger charge is -2.35. The molecule has 0 aliphatic carbocycles. The van der Waals surface area contributed by atoms with Crippen LogP contribution in [-0.2, 0) is 4.74 Å². The Labute approximate surface area is 140 Å². The van der Waals surface area contributed by atoms with Crippen molar-refractivity contribution in [2.24, 2.45) is 0 Å². The first-order valence-electron chi connectivity index (χ1n) is 8.52. The number of carbonyl (C=O) groups is 1. The van der Waals surface area contributed by atoms with E-state index in [1.807, 2.05) is 17.0 Å². The minimum Gasteiger partial charge on any atom is -0.463 e. The van der Waals surface area contributed by atoms with Crippen LogP contribution in [0, 0.1) is 0 Å². The van der Waals surface area contributed by atoms with Crippen LogP contribution in [0.1, 0.15) is 23.3 Å². The monoisotopic (exact) mass is 330 g/mol. The largest absolute Gasteiger partial charge is 0.463 e. The molecule has 2 aromatic heterocycles. The maximum atomic E-state index is 12.6. The molecule has 0 radical (unpaired) electrons. The second-order valence-electron chi connectivity index (χ2n) is 6.37. The summed E-state index contributed by atoms with van der Waals surface area (Å²) in [5.41, 5.74) is 1.16. The Kier molecular flexibility index (Phi) is 4.36. The lowest BCUT2D eigenvalue weighted by atomic mass is 10.2. The number of ether oxygens (including phenoxy) is 1. The number of rotatable bonds is 4. The van der Waals surface area contributed by atoms with Gasteiger partial charge >= 0.3 is 0 Å². The van der Waals surface area contributed by atoms with Crippen LogP contribution in [0.2, 0.25) is 0 Å². The van der Waals surface area contributed by atoms with E-state index in [9.17, 15) is 4.79 Å². The molecule has 2 fully saturated rings. The zero-order valence-electron chi connectivity index (χ0n) is 13.6. The number of nitrogens with zero attached hydrogens (tertiary/aromatic N) is 3. The first-order valence-corrected chi connectivity index (χ1v) is 8.52. The summed E-state index contributed by atoms with van der Waals surface area (Å²) in [4.78, 5) is 16.9. The smallest absolute Gasteiger partial charge is 0.274 e. The van der Waals surface area contributed by atoms with Gasteiger partial charge in [-0.2, -0.15) is 5.10 Å². The molecule has 1 unspecified atom stereocenters. The molecule has 0 aromatic carbocycles. The first-order chi connectivity index (χ1) is 11.8. The molecule has 0 saturated carbocycles. The normalized spacial score (nSPS) is 22.2. The summed E-state index contributed by atoms with van der Waals surface area (Å²) in [5.74, 6) is 0.656. The van der Waals surface area contributed by atoms with Crippen LogP contribution in [0.5, 0.6) is 0 Å². The third-order valence-corrected chi connectivity index (χ3v) is 4.73. The molecule has 0 spiro atoms. The molecule has 7 heteroatoms. The lowest BCUT2D eigenvalue weighted by Crippen LogP contribution is -2.50. The summed E-state index contributed by atoms with van der Waals surface area (Å²) in [5, 5.41) is 7.01. The van der Waals surface area contributed by atoms with Crippen LogP contribution >= 0.6 is 0 Å². The van der Waals surface area contributed by atoms with Crippen molar-refractivity contribution in [3.8, 4) is 11.5 Å². The second kappa shape index (κ2) is 6.78. The summed E-state index contributed by atoms with van der Waals surface area (Å²) < 4.78 is 11.0. The molecule has 2 saturated heterocycles. The van der Waals surface area contributed by atoms with E-state index in [0.29, 0.717) is 17.6 Å². The zero-order chi connectivity index (χ0) is 16.4. The van der Waals surface area contributed by atoms with Crippen molar-refractivity contribution < 1.29 is 13.9 Å². The van der Waals surface area contributed by atoms with Crippen LogP contribution in [0.4, 0.5) is 0 Å². The van der Waals surface area contributed by atoms with Crippen LogP contribution in [0.3, 0.4) is 0 Å². The molecule has 1 atom stereocenters. The highest BCUT2D eigenvalue weighted by Crippen LogP contribution is 2.19. The van der Waals surface area contributed by atoms with Gasteiger partial charge in [0.15, 0.2) is 11.5 Å². The van der Waals surface area contributed by atoms with E-state index in [-0.39, 0.29) is 5.91 Å². The SMILES string of the molecule is O=C(c1cc(-c2ccco2)[nH]n1)N1CCN(CC2CCCO2)CC1. The average Bonchev–Trinajstić information content (AvgIpc) is 3.36. The van der Waals surface area contributed by atoms with Gasteiger partial charge in [0, 0.05) is 45.4 Å². The Balaban J connectivity index is 1.33. The minimum atomic E-state index is -0.0270. The van der Waals surface area contributed by atoms with Gasteiger partial charge < -0.3 is 14.1 Å². The number of nitrogens with one attached hydrogen (secondary N) is 1. The predicted molar refractivity (Wildman–Crippen MR) is 87.6 cm³/mol. The van der Waals surface area contributed by atoms with Crippen molar-refractivity contribution in [1.82, 2.24) is 20.0 Å². The first kappa shape index (κ1) is 15.4. The fourth-order valence-electron chi connectivity index (χ4n) is 3.36. The fraction of sp³-hybridized carbons (Fsp3) is 0.529. The number of furan rings is 1. The van der Waals surface area contributed by atoms with Crippen LogP contribution < -0.4 is 0 Å². The molecule has 0 bridgehead atoms. The van der Waals surface area contributed by atoms with Crippen molar-refractivity contribution in [2.45, 2.75) is 18.9 Å². The number of aromatic amines is 1. The van der Waals surface area contributed by atoms with Gasteiger partial charge in [-0.15, -0.1) is 0 Å². The Morgan fingerprint density at radius 1 is 1.33 bits per heavy atom. The van der Waals surface area contributed by atoms with Crippen LogP contribution in [0.15, 0.2) is 28.9 Å². The van der Waals surface area contributed by atoms with Gasteiger partial charge in [0.25, 0.3) is 5.91 Å². The number of aromatic nitrogens is 2. The van der Waals surface area contributed by atoms with E-state index in [0.717, 1.165) is 51.4 Å². The number of carbonyl (C=O) groups excluding carboxylic acids is 1. The highest BCUT2D eigenvalue weighted by Gasteiger charge is 2.26. The summed E-state index contributed by atoms with van der Waals surface area (Å²) in [6.45, 7) is 5.11. The van der Waals surface area contributed by atoms with Crippen molar-refractivity contribution in [3.05, 3.63) is 30.2 Å². The van der Waals surface area contributed by atoms with Crippen LogP contribution in [0.25, 0.3) is 11.5 Å². The van der Waals surface area contributed by atoms with E-state index in [2.05, 4.69) is 15.1 Å². The van der Waals surface area contributed by atoms with Gasteiger partial charge in [-0.1, -0.05) is 0 Å². The lowest BCUT2D eigenvalue weighted by molar-refractivity contribution is 0.0430. The highest BCUT2D eigenvalue weighted by molar-refractivity contribution is 5.93. The molecule has 2 aliphatic rings.